The van der Waals surface area contributed by atoms with E-state index in [2.05, 4.69) is 39.7 Å². The summed E-state index contributed by atoms with van der Waals surface area (Å²) in [5.41, 5.74) is 1.22. The zero-order valence-corrected chi connectivity index (χ0v) is 11.5. The summed E-state index contributed by atoms with van der Waals surface area (Å²) in [5.74, 6) is 0.581. The van der Waals surface area contributed by atoms with Gasteiger partial charge in [-0.2, -0.15) is 0 Å². The van der Waals surface area contributed by atoms with E-state index in [0.29, 0.717) is 5.88 Å². The van der Waals surface area contributed by atoms with Gasteiger partial charge in [0.15, 0.2) is 0 Å². The minimum absolute atomic E-state index is 0.581. The van der Waals surface area contributed by atoms with E-state index in [0.717, 1.165) is 0 Å². The summed E-state index contributed by atoms with van der Waals surface area (Å²) < 4.78 is 2.48. The zero-order valence-electron chi connectivity index (χ0n) is 7.51. The number of halogens is 2. The summed E-state index contributed by atoms with van der Waals surface area (Å²) in [7, 11) is 0. The lowest BCUT2D eigenvalue weighted by Gasteiger charge is -2.03. The van der Waals surface area contributed by atoms with Crippen molar-refractivity contribution >= 4 is 60.7 Å². The molecule has 0 bridgehead atoms. The second-order valence-corrected chi connectivity index (χ2v) is 5.70. The molecule has 0 saturated carbocycles. The van der Waals surface area contributed by atoms with Gasteiger partial charge in [0.2, 0.25) is 0 Å². The van der Waals surface area contributed by atoms with E-state index in [1.54, 1.807) is 23.1 Å². The minimum atomic E-state index is 0.581. The maximum atomic E-state index is 5.90. The average Bonchev–Trinajstić information content (AvgIpc) is 2.60. The van der Waals surface area contributed by atoms with Crippen LogP contribution in [0.4, 0.5) is 0 Å². The zero-order chi connectivity index (χ0) is 10.1. The monoisotopic (exact) mass is 306 g/mol. The van der Waals surface area contributed by atoms with E-state index in [4.69, 9.17) is 11.6 Å². The molecule has 0 atom stereocenters. The Morgan fingerprint density at radius 2 is 2.29 bits per heavy atom. The highest BCUT2D eigenvalue weighted by Gasteiger charge is 2.09. The second kappa shape index (κ2) is 4.44. The van der Waals surface area contributed by atoms with Crippen LogP contribution in [0.15, 0.2) is 26.9 Å². The minimum Gasteiger partial charge on any atom is -0.142 e. The van der Waals surface area contributed by atoms with Crippen LogP contribution in [-0.4, -0.2) is 6.26 Å². The highest BCUT2D eigenvalue weighted by Crippen LogP contribution is 2.39. The summed E-state index contributed by atoms with van der Waals surface area (Å²) in [6, 6.07) is 4.26. The van der Waals surface area contributed by atoms with Gasteiger partial charge in [0, 0.05) is 30.7 Å². The van der Waals surface area contributed by atoms with E-state index in [9.17, 15) is 0 Å². The van der Waals surface area contributed by atoms with Crippen LogP contribution in [0.25, 0.3) is 10.1 Å². The molecule has 4 heteroatoms. The van der Waals surface area contributed by atoms with Gasteiger partial charge in [-0.15, -0.1) is 34.7 Å². The molecule has 2 rings (SSSR count). The van der Waals surface area contributed by atoms with Crippen LogP contribution in [-0.2, 0) is 5.88 Å². The van der Waals surface area contributed by atoms with E-state index >= 15 is 0 Å². The molecule has 0 amide bonds. The maximum absolute atomic E-state index is 5.90. The number of rotatable bonds is 2. The van der Waals surface area contributed by atoms with Crippen LogP contribution in [0.5, 0.6) is 0 Å². The highest BCUT2D eigenvalue weighted by atomic mass is 79.9. The second-order valence-electron chi connectivity index (χ2n) is 2.85. The number of thioether (sulfide) groups is 1. The molecule has 0 aliphatic carbocycles. The normalized spacial score (nSPS) is 11.1. The summed E-state index contributed by atoms with van der Waals surface area (Å²) in [6.07, 6.45) is 2.10. The molecule has 1 aromatic carbocycles. The number of hydrogen-bond donors (Lipinski definition) is 0. The third-order valence-corrected chi connectivity index (χ3v) is 5.14. The van der Waals surface area contributed by atoms with Gasteiger partial charge >= 0.3 is 0 Å². The Hall–Kier alpha value is 0.300. The van der Waals surface area contributed by atoms with Gasteiger partial charge in [0.05, 0.1) is 0 Å². The molecule has 2 aromatic rings. The van der Waals surface area contributed by atoms with Crippen LogP contribution in [0.2, 0.25) is 0 Å². The fraction of sp³-hybridized carbons (Fsp3) is 0.200. The predicted molar refractivity (Wildman–Crippen MR) is 70.9 cm³/mol. The lowest BCUT2D eigenvalue weighted by Crippen LogP contribution is -1.80. The predicted octanol–water partition coefficient (Wildman–Crippen LogP) is 5.12. The van der Waals surface area contributed by atoms with Crippen LogP contribution in [0.3, 0.4) is 0 Å². The third kappa shape index (κ3) is 1.71. The lowest BCUT2D eigenvalue weighted by atomic mass is 10.2. The maximum Gasteiger partial charge on any atom is 0.0488 e. The Morgan fingerprint density at radius 3 is 2.93 bits per heavy atom. The van der Waals surface area contributed by atoms with Crippen molar-refractivity contribution in [2.75, 3.05) is 6.26 Å². The molecule has 0 fully saturated rings. The van der Waals surface area contributed by atoms with Crippen molar-refractivity contribution in [2.24, 2.45) is 0 Å². The molecule has 0 N–H and O–H groups in total. The van der Waals surface area contributed by atoms with Crippen molar-refractivity contribution in [3.8, 4) is 0 Å². The van der Waals surface area contributed by atoms with E-state index in [1.807, 2.05) is 0 Å². The number of thiophene rings is 1. The fourth-order valence-corrected chi connectivity index (χ4v) is 4.32. The quantitative estimate of drug-likeness (QED) is 0.548. The molecule has 0 saturated heterocycles. The van der Waals surface area contributed by atoms with E-state index < -0.39 is 0 Å². The van der Waals surface area contributed by atoms with Crippen LogP contribution < -0.4 is 0 Å². The Kier molecular flexibility index (Phi) is 3.42. The Morgan fingerprint density at radius 1 is 1.50 bits per heavy atom. The molecular formula is C10H8BrClS2. The van der Waals surface area contributed by atoms with Crippen LogP contribution in [0, 0.1) is 0 Å². The van der Waals surface area contributed by atoms with Crippen molar-refractivity contribution in [3.63, 3.8) is 0 Å². The first-order valence-corrected chi connectivity index (χ1v) is 7.49. The van der Waals surface area contributed by atoms with Gasteiger partial charge in [-0.05, 0) is 33.8 Å². The van der Waals surface area contributed by atoms with Crippen molar-refractivity contribution < 1.29 is 0 Å². The fourth-order valence-electron chi connectivity index (χ4n) is 1.41. The third-order valence-electron chi connectivity index (χ3n) is 2.08. The van der Waals surface area contributed by atoms with Gasteiger partial charge in [-0.1, -0.05) is 6.07 Å². The molecule has 0 nitrogen and oxygen atoms in total. The van der Waals surface area contributed by atoms with Crippen molar-refractivity contribution in [2.45, 2.75) is 10.8 Å². The highest BCUT2D eigenvalue weighted by molar-refractivity contribution is 9.10. The first kappa shape index (κ1) is 10.8. The van der Waals surface area contributed by atoms with Crippen molar-refractivity contribution in [3.05, 3.63) is 27.5 Å². The van der Waals surface area contributed by atoms with Crippen molar-refractivity contribution in [1.82, 2.24) is 0 Å². The van der Waals surface area contributed by atoms with Gasteiger partial charge in [-0.25, -0.2) is 0 Å². The van der Waals surface area contributed by atoms with Gasteiger partial charge in [0.25, 0.3) is 0 Å². The smallest absolute Gasteiger partial charge is 0.0488 e. The summed E-state index contributed by atoms with van der Waals surface area (Å²) in [5, 5.41) is 3.43. The largest absolute Gasteiger partial charge is 0.142 e. The molecule has 0 spiro atoms. The Balaban J connectivity index is 2.81. The lowest BCUT2D eigenvalue weighted by molar-refractivity contribution is 1.42. The number of benzene rings is 1. The average molecular weight is 308 g/mol. The number of hydrogen-bond acceptors (Lipinski definition) is 2. The van der Waals surface area contributed by atoms with E-state index in [-0.39, 0.29) is 0 Å². The molecular weight excluding hydrogens is 300 g/mol. The summed E-state index contributed by atoms with van der Waals surface area (Å²) in [4.78, 5) is 1.31. The molecule has 0 aliphatic heterocycles. The number of alkyl halides is 1. The summed E-state index contributed by atoms with van der Waals surface area (Å²) in [6.45, 7) is 0. The van der Waals surface area contributed by atoms with Gasteiger partial charge in [-0.3, -0.25) is 0 Å². The first-order chi connectivity index (χ1) is 6.77. The molecule has 0 aliphatic rings. The molecule has 0 radical (unpaired) electrons. The molecule has 14 heavy (non-hydrogen) atoms. The Labute approximate surface area is 105 Å². The molecule has 0 unspecified atom stereocenters. The van der Waals surface area contributed by atoms with Crippen LogP contribution in [0.1, 0.15) is 5.56 Å². The standard InChI is InChI=1S/C10H8BrClS2/c1-13-8-3-2-6(4-12)10-9(8)7(11)5-14-10/h2-3,5H,4H2,1H3. The molecule has 74 valence electrons. The SMILES string of the molecule is CSc1ccc(CCl)c2scc(Br)c12. The Bertz CT molecular complexity index is 464. The van der Waals surface area contributed by atoms with Gasteiger partial charge < -0.3 is 0 Å². The topological polar surface area (TPSA) is 0 Å². The van der Waals surface area contributed by atoms with Crippen molar-refractivity contribution in [1.29, 1.82) is 0 Å². The summed E-state index contributed by atoms with van der Waals surface area (Å²) >= 11 is 13.0. The molecule has 1 aromatic heterocycles. The first-order valence-electron chi connectivity index (χ1n) is 4.06. The molecule has 1 heterocycles. The van der Waals surface area contributed by atoms with Crippen LogP contribution >= 0.6 is 50.6 Å². The van der Waals surface area contributed by atoms with Gasteiger partial charge in [0.1, 0.15) is 0 Å². The van der Waals surface area contributed by atoms with E-state index in [1.165, 1.54) is 25.0 Å². The number of fused-ring (bicyclic) bond motifs is 1.